The normalized spacial score (nSPS) is 10.2. The molecule has 0 saturated carbocycles. The standard InChI is InChI=1S/C13H10BrClN2O2/c14-7-4-5-11(9(15)6-7)17-13(19)8-2-1-3-10(16)12(8)18/h1-6,18H,16H2,(H,17,19). The van der Waals surface area contributed by atoms with Gasteiger partial charge in [0.05, 0.1) is 22.0 Å². The molecule has 1 amide bonds. The highest BCUT2D eigenvalue weighted by Crippen LogP contribution is 2.28. The number of amides is 1. The number of hydrogen-bond acceptors (Lipinski definition) is 3. The fraction of sp³-hybridized carbons (Fsp3) is 0. The zero-order valence-electron chi connectivity index (χ0n) is 9.65. The maximum Gasteiger partial charge on any atom is 0.259 e. The number of nitrogens with two attached hydrogens (primary N) is 1. The van der Waals surface area contributed by atoms with Crippen molar-refractivity contribution in [2.24, 2.45) is 0 Å². The Morgan fingerprint density at radius 2 is 2.05 bits per heavy atom. The maximum absolute atomic E-state index is 12.0. The minimum atomic E-state index is -0.478. The molecule has 2 aromatic carbocycles. The van der Waals surface area contributed by atoms with Gasteiger partial charge in [-0.3, -0.25) is 4.79 Å². The van der Waals surface area contributed by atoms with Gasteiger partial charge in [0.2, 0.25) is 0 Å². The summed E-state index contributed by atoms with van der Waals surface area (Å²) >= 11 is 9.28. The van der Waals surface area contributed by atoms with E-state index in [0.29, 0.717) is 10.7 Å². The Kier molecular flexibility index (Phi) is 3.97. The number of carbonyl (C=O) groups is 1. The monoisotopic (exact) mass is 340 g/mol. The molecule has 0 fully saturated rings. The molecular formula is C13H10BrClN2O2. The third kappa shape index (κ3) is 3.00. The van der Waals surface area contributed by atoms with Crippen molar-refractivity contribution in [3.05, 3.63) is 51.5 Å². The summed E-state index contributed by atoms with van der Waals surface area (Å²) in [5, 5.41) is 12.7. The van der Waals surface area contributed by atoms with E-state index in [-0.39, 0.29) is 17.0 Å². The van der Waals surface area contributed by atoms with Gasteiger partial charge in [-0.15, -0.1) is 0 Å². The largest absolute Gasteiger partial charge is 0.505 e. The van der Waals surface area contributed by atoms with Gasteiger partial charge in [-0.25, -0.2) is 0 Å². The molecule has 0 radical (unpaired) electrons. The zero-order valence-corrected chi connectivity index (χ0v) is 12.0. The number of benzene rings is 2. The number of hydrogen-bond donors (Lipinski definition) is 3. The first-order valence-electron chi connectivity index (χ1n) is 5.33. The lowest BCUT2D eigenvalue weighted by molar-refractivity contribution is 0.102. The fourth-order valence-electron chi connectivity index (χ4n) is 1.53. The lowest BCUT2D eigenvalue weighted by Crippen LogP contribution is -2.12. The van der Waals surface area contributed by atoms with Crippen LogP contribution >= 0.6 is 27.5 Å². The Morgan fingerprint density at radius 1 is 1.32 bits per heavy atom. The van der Waals surface area contributed by atoms with Crippen LogP contribution in [0, 0.1) is 0 Å². The number of anilines is 2. The number of carbonyl (C=O) groups excluding carboxylic acids is 1. The number of aromatic hydroxyl groups is 1. The lowest BCUT2D eigenvalue weighted by atomic mass is 10.1. The first-order valence-corrected chi connectivity index (χ1v) is 6.50. The van der Waals surface area contributed by atoms with Gasteiger partial charge in [-0.1, -0.05) is 33.6 Å². The molecule has 0 heterocycles. The Labute approximate surface area is 123 Å². The maximum atomic E-state index is 12.0. The summed E-state index contributed by atoms with van der Waals surface area (Å²) in [5.74, 6) is -0.720. The smallest absolute Gasteiger partial charge is 0.259 e. The van der Waals surface area contributed by atoms with E-state index >= 15 is 0 Å². The predicted octanol–water partition coefficient (Wildman–Crippen LogP) is 3.64. The van der Waals surface area contributed by atoms with Gasteiger partial charge in [0, 0.05) is 4.47 Å². The molecule has 2 aromatic rings. The van der Waals surface area contributed by atoms with E-state index in [2.05, 4.69) is 21.2 Å². The van der Waals surface area contributed by atoms with Crippen LogP contribution in [0.25, 0.3) is 0 Å². The van der Waals surface area contributed by atoms with Crippen LogP contribution in [0.3, 0.4) is 0 Å². The second-order valence-corrected chi connectivity index (χ2v) is 5.14. The third-order valence-electron chi connectivity index (χ3n) is 2.49. The van der Waals surface area contributed by atoms with Gasteiger partial charge >= 0.3 is 0 Å². The van der Waals surface area contributed by atoms with Crippen molar-refractivity contribution in [1.82, 2.24) is 0 Å². The fourth-order valence-corrected chi connectivity index (χ4v) is 2.25. The number of phenols is 1. The summed E-state index contributed by atoms with van der Waals surface area (Å²) in [6.07, 6.45) is 0. The van der Waals surface area contributed by atoms with Crippen LogP contribution in [-0.4, -0.2) is 11.0 Å². The van der Waals surface area contributed by atoms with Crippen LogP contribution in [-0.2, 0) is 0 Å². The number of rotatable bonds is 2. The Bertz CT molecular complexity index is 647. The molecule has 0 aliphatic heterocycles. The quantitative estimate of drug-likeness (QED) is 0.576. The molecule has 6 heteroatoms. The highest BCUT2D eigenvalue weighted by Gasteiger charge is 2.14. The zero-order chi connectivity index (χ0) is 14.0. The molecule has 0 spiro atoms. The summed E-state index contributed by atoms with van der Waals surface area (Å²) < 4.78 is 0.808. The molecule has 0 aromatic heterocycles. The number of phenolic OH excluding ortho intramolecular Hbond substituents is 1. The van der Waals surface area contributed by atoms with E-state index in [1.165, 1.54) is 12.1 Å². The number of nitrogen functional groups attached to an aromatic ring is 1. The summed E-state index contributed by atoms with van der Waals surface area (Å²) in [6.45, 7) is 0. The summed E-state index contributed by atoms with van der Waals surface area (Å²) in [6, 6.07) is 9.66. The van der Waals surface area contributed by atoms with Gasteiger partial charge in [0.1, 0.15) is 0 Å². The van der Waals surface area contributed by atoms with Crippen molar-refractivity contribution in [1.29, 1.82) is 0 Å². The molecule has 19 heavy (non-hydrogen) atoms. The van der Waals surface area contributed by atoms with E-state index < -0.39 is 5.91 Å². The first-order chi connectivity index (χ1) is 8.99. The van der Waals surface area contributed by atoms with Crippen molar-refractivity contribution in [3.63, 3.8) is 0 Å². The molecule has 4 N–H and O–H groups in total. The molecule has 4 nitrogen and oxygen atoms in total. The van der Waals surface area contributed by atoms with Crippen molar-refractivity contribution in [2.75, 3.05) is 11.1 Å². The van der Waals surface area contributed by atoms with Crippen LogP contribution in [0.4, 0.5) is 11.4 Å². The van der Waals surface area contributed by atoms with Gasteiger partial charge < -0.3 is 16.2 Å². The van der Waals surface area contributed by atoms with Crippen LogP contribution in [0.15, 0.2) is 40.9 Å². The topological polar surface area (TPSA) is 75.4 Å². The van der Waals surface area contributed by atoms with Crippen molar-refractivity contribution < 1.29 is 9.90 Å². The molecule has 0 aliphatic carbocycles. The van der Waals surface area contributed by atoms with Crippen LogP contribution in [0.5, 0.6) is 5.75 Å². The summed E-state index contributed by atoms with van der Waals surface area (Å²) in [5.41, 5.74) is 6.24. The molecule has 0 aliphatic rings. The van der Waals surface area contributed by atoms with E-state index in [1.807, 2.05) is 0 Å². The van der Waals surface area contributed by atoms with Gasteiger partial charge in [0.25, 0.3) is 5.91 Å². The summed E-state index contributed by atoms with van der Waals surface area (Å²) in [7, 11) is 0. The van der Waals surface area contributed by atoms with E-state index in [0.717, 1.165) is 4.47 Å². The third-order valence-corrected chi connectivity index (χ3v) is 3.30. The van der Waals surface area contributed by atoms with Crippen LogP contribution < -0.4 is 11.1 Å². The second kappa shape index (κ2) is 5.50. The van der Waals surface area contributed by atoms with E-state index in [1.54, 1.807) is 24.3 Å². The SMILES string of the molecule is Nc1cccc(C(=O)Nc2ccc(Br)cc2Cl)c1O. The van der Waals surface area contributed by atoms with Crippen molar-refractivity contribution >= 4 is 44.8 Å². The van der Waals surface area contributed by atoms with E-state index in [4.69, 9.17) is 17.3 Å². The molecule has 0 unspecified atom stereocenters. The predicted molar refractivity (Wildman–Crippen MR) is 79.6 cm³/mol. The lowest BCUT2D eigenvalue weighted by Gasteiger charge is -2.09. The van der Waals surface area contributed by atoms with Crippen LogP contribution in [0.2, 0.25) is 5.02 Å². The van der Waals surface area contributed by atoms with Gasteiger partial charge in [0.15, 0.2) is 5.75 Å². The number of halogens is 2. The highest BCUT2D eigenvalue weighted by atomic mass is 79.9. The number of nitrogens with one attached hydrogen (secondary N) is 1. The average Bonchev–Trinajstić information content (AvgIpc) is 2.36. The molecular weight excluding hydrogens is 332 g/mol. The van der Waals surface area contributed by atoms with Gasteiger partial charge in [-0.2, -0.15) is 0 Å². The second-order valence-electron chi connectivity index (χ2n) is 3.82. The summed E-state index contributed by atoms with van der Waals surface area (Å²) in [4.78, 5) is 12.0. The Hall–Kier alpha value is -1.72. The Morgan fingerprint density at radius 3 is 2.74 bits per heavy atom. The highest BCUT2D eigenvalue weighted by molar-refractivity contribution is 9.10. The van der Waals surface area contributed by atoms with Crippen molar-refractivity contribution in [3.8, 4) is 5.75 Å². The minimum Gasteiger partial charge on any atom is -0.505 e. The Balaban J connectivity index is 2.28. The molecule has 0 atom stereocenters. The first kappa shape index (κ1) is 13.7. The molecule has 0 bridgehead atoms. The average molecular weight is 342 g/mol. The van der Waals surface area contributed by atoms with Crippen molar-refractivity contribution in [2.45, 2.75) is 0 Å². The molecule has 2 rings (SSSR count). The molecule has 98 valence electrons. The van der Waals surface area contributed by atoms with Crippen LogP contribution in [0.1, 0.15) is 10.4 Å². The van der Waals surface area contributed by atoms with E-state index in [9.17, 15) is 9.90 Å². The minimum absolute atomic E-state index is 0.0963. The number of para-hydroxylation sites is 1. The molecule has 0 saturated heterocycles. The van der Waals surface area contributed by atoms with Gasteiger partial charge in [-0.05, 0) is 30.3 Å².